The molecule has 0 unspecified atom stereocenters. The van der Waals surface area contributed by atoms with Gasteiger partial charge in [-0.15, -0.1) is 0 Å². The molecule has 2 aliphatic carbocycles. The third-order valence-electron chi connectivity index (χ3n) is 22.0. The first kappa shape index (κ1) is 76.1. The highest BCUT2D eigenvalue weighted by Gasteiger charge is 2.28. The number of aromatic amines is 2. The summed E-state index contributed by atoms with van der Waals surface area (Å²) in [5, 5.41) is 32.1. The summed E-state index contributed by atoms with van der Waals surface area (Å²) >= 11 is 0. The number of phenols is 3. The maximum absolute atomic E-state index is 11.6. The highest BCUT2D eigenvalue weighted by Crippen LogP contribution is 2.47. The summed E-state index contributed by atoms with van der Waals surface area (Å²) in [5.41, 5.74) is 26.5. The Morgan fingerprint density at radius 2 is 0.748 bits per heavy atom. The van der Waals surface area contributed by atoms with E-state index in [-0.39, 0.29) is 0 Å². The van der Waals surface area contributed by atoms with Crippen LogP contribution in [-0.4, -0.2) is 86.1 Å². The molecule has 0 amide bonds. The van der Waals surface area contributed by atoms with Crippen LogP contribution in [0, 0.1) is 27.7 Å². The molecule has 107 heavy (non-hydrogen) atoms. The molecule has 0 bridgehead atoms. The first-order chi connectivity index (χ1) is 51.9. The average Bonchev–Trinajstić information content (AvgIpc) is 1.68. The first-order valence-corrected chi connectivity index (χ1v) is 39.2. The van der Waals surface area contributed by atoms with Crippen LogP contribution in [0.4, 0.5) is 17.1 Å². The van der Waals surface area contributed by atoms with Crippen LogP contribution in [-0.2, 0) is 45.1 Å². The fraction of sp³-hybridized carbons (Fsp3) is 0.337. The molecule has 0 atom stereocenters. The van der Waals surface area contributed by atoms with Crippen molar-refractivity contribution in [1.82, 2.24) is 29.5 Å². The maximum Gasteiger partial charge on any atom is 0.140 e. The third kappa shape index (κ3) is 18.5. The molecule has 0 spiro atoms. The Balaban J connectivity index is 0.000000152. The molecule has 0 radical (unpaired) electrons. The van der Waals surface area contributed by atoms with Crippen LogP contribution < -0.4 is 14.7 Å². The monoisotopic (exact) mass is 1430 g/mol. The minimum Gasteiger partial charge on any atom is -0.507 e. The zero-order chi connectivity index (χ0) is 75.1. The minimum absolute atomic E-state index is 0.346. The lowest BCUT2D eigenvalue weighted by Crippen LogP contribution is -2.21. The van der Waals surface area contributed by atoms with Crippen LogP contribution in [0.5, 0.6) is 17.2 Å². The molecule has 5 N–H and O–H groups in total. The van der Waals surface area contributed by atoms with Gasteiger partial charge in [-0.1, -0.05) is 166 Å². The first-order valence-electron chi connectivity index (χ1n) is 39.2. The van der Waals surface area contributed by atoms with Crippen LogP contribution in [0.15, 0.2) is 200 Å². The number of nitrogens with one attached hydrogen (secondary N) is 2. The summed E-state index contributed by atoms with van der Waals surface area (Å²) in [6.07, 6.45) is 17.8. The minimum atomic E-state index is 0.346. The van der Waals surface area contributed by atoms with Crippen LogP contribution in [0.3, 0.4) is 0 Å². The van der Waals surface area contributed by atoms with E-state index in [4.69, 9.17) is 15.0 Å². The number of imidazole rings is 3. The van der Waals surface area contributed by atoms with Crippen molar-refractivity contribution in [3.05, 3.63) is 267 Å². The van der Waals surface area contributed by atoms with E-state index in [1.54, 1.807) is 0 Å². The van der Waals surface area contributed by atoms with Gasteiger partial charge in [0, 0.05) is 110 Å². The summed E-state index contributed by atoms with van der Waals surface area (Å²) in [6.45, 7) is 17.1. The van der Waals surface area contributed by atoms with Gasteiger partial charge in [-0.2, -0.15) is 0 Å². The number of aromatic hydroxyl groups is 3. The molecule has 3 aromatic heterocycles. The maximum atomic E-state index is 11.6. The van der Waals surface area contributed by atoms with Crippen molar-refractivity contribution in [3.63, 3.8) is 0 Å². The lowest BCUT2D eigenvalue weighted by Gasteiger charge is -2.28. The van der Waals surface area contributed by atoms with Crippen LogP contribution in [0.2, 0.25) is 0 Å². The van der Waals surface area contributed by atoms with Gasteiger partial charge in [0.15, 0.2) is 0 Å². The summed E-state index contributed by atoms with van der Waals surface area (Å²) in [5.74, 6) is 4.88. The van der Waals surface area contributed by atoms with E-state index in [1.807, 2.05) is 72.1 Å². The average molecular weight is 1430 g/mol. The Kier molecular flexibility index (Phi) is 25.4. The van der Waals surface area contributed by atoms with Gasteiger partial charge >= 0.3 is 0 Å². The van der Waals surface area contributed by atoms with Crippen molar-refractivity contribution in [2.45, 2.75) is 170 Å². The Morgan fingerprint density at radius 3 is 1.13 bits per heavy atom. The van der Waals surface area contributed by atoms with E-state index >= 15 is 0 Å². The molecule has 9 aromatic carbocycles. The number of anilines is 3. The second kappa shape index (κ2) is 35.7. The summed E-state index contributed by atoms with van der Waals surface area (Å²) in [4.78, 5) is 29.5. The zero-order valence-corrected chi connectivity index (χ0v) is 65.1. The standard InChI is InChI=1S/C37H45N3O.C31H37N3O.C27H29N3O/c1-40(2)31-21-19-29(20-22-31)35-34(23-18-26-12-6-3-7-13-26)38-37(39-35)30-24-32(27-14-8-4-9-15-27)36(41)33(25-30)28-16-10-5-11-17-28;1-6-33(7-2)27-17-15-25(16-18-27)29-28(19-14-24-12-10-9-11-13-24)32-31(34(29)8-3)26-20-22(4)30(35)23(5)21-26;1-18-16-22(17-19(2)26(18)31)27-28-24(15-10-20-8-6-5-7-9-20)25(29-27)21-11-13-23(14-12-21)30(3)4/h3,6-7,12-13,19-22,24-25,27-28,41H,4-5,8-11,14-18,23H2,1-2H3,(H,38,39);9-13,15-18,20-21,35H,6-8,14,19H2,1-5H3;5-9,11-14,16-17,31H,10,15H2,1-4H3,(H,28,29). The van der Waals surface area contributed by atoms with Crippen molar-refractivity contribution >= 4 is 17.1 Å². The number of aromatic nitrogens is 6. The second-order valence-corrected chi connectivity index (χ2v) is 29.9. The Hall–Kier alpha value is -10.6. The van der Waals surface area contributed by atoms with Crippen molar-refractivity contribution in [3.8, 4) is 85.2 Å². The summed E-state index contributed by atoms with van der Waals surface area (Å²) in [7, 11) is 8.24. The number of nitrogens with zero attached hydrogens (tertiary/aromatic N) is 7. The van der Waals surface area contributed by atoms with Crippen molar-refractivity contribution in [2.75, 3.05) is 56.0 Å². The largest absolute Gasteiger partial charge is 0.507 e. The molecule has 14 rings (SSSR count). The molecule has 12 aromatic rings. The van der Waals surface area contributed by atoms with Crippen LogP contribution in [0.1, 0.15) is 164 Å². The van der Waals surface area contributed by atoms with E-state index in [1.165, 1.54) is 109 Å². The SMILES string of the molecule is CCN(CC)c1ccc(-c2c(CCc3ccccc3)nc(-c3cc(C)c(O)c(C)c3)n2CC)cc1.CN(C)c1ccc(-c2nc(-c3cc(C4CCCCC4)c(O)c(C4CCCCC4)c3)[nH]c2CCc2ccccc2)cc1.Cc1cc(-c2nc(-c3ccc(N(C)C)cc3)c(CCc3ccccc3)[nH]2)cc(C)c1O. The van der Waals surface area contributed by atoms with Gasteiger partial charge in [-0.05, 0) is 247 Å². The second-order valence-electron chi connectivity index (χ2n) is 29.9. The highest BCUT2D eigenvalue weighted by atomic mass is 16.3. The van der Waals surface area contributed by atoms with E-state index in [9.17, 15) is 15.3 Å². The predicted molar refractivity (Wildman–Crippen MR) is 447 cm³/mol. The number of hydrogen-bond donors (Lipinski definition) is 5. The van der Waals surface area contributed by atoms with Gasteiger partial charge < -0.3 is 44.6 Å². The zero-order valence-electron chi connectivity index (χ0n) is 65.1. The predicted octanol–water partition coefficient (Wildman–Crippen LogP) is 22.5. The van der Waals surface area contributed by atoms with Crippen molar-refractivity contribution in [1.29, 1.82) is 0 Å². The molecular formula is C95H111N9O3. The molecule has 2 saturated carbocycles. The number of hydrogen-bond acceptors (Lipinski definition) is 9. The van der Waals surface area contributed by atoms with Gasteiger partial charge in [0.2, 0.25) is 0 Å². The van der Waals surface area contributed by atoms with E-state index in [0.29, 0.717) is 29.1 Å². The molecule has 12 nitrogen and oxygen atoms in total. The number of H-pyrrole nitrogens is 2. The van der Waals surface area contributed by atoms with Crippen LogP contribution in [0.25, 0.3) is 67.9 Å². The molecule has 2 aliphatic rings. The number of phenolic OH excluding ortho intramolecular Hbond substituents is 3. The Morgan fingerprint density at radius 1 is 0.383 bits per heavy atom. The molecule has 0 saturated heterocycles. The number of benzene rings is 9. The lowest BCUT2D eigenvalue weighted by molar-refractivity contribution is 0.393. The number of rotatable bonds is 23. The summed E-state index contributed by atoms with van der Waals surface area (Å²) in [6, 6.07) is 70.6. The quantitative estimate of drug-likeness (QED) is 0.0423. The van der Waals surface area contributed by atoms with Gasteiger partial charge in [-0.25, -0.2) is 15.0 Å². The molecular weight excluding hydrogens is 1320 g/mol. The lowest BCUT2D eigenvalue weighted by atomic mass is 9.78. The normalized spacial score (nSPS) is 13.2. The van der Waals surface area contributed by atoms with E-state index < -0.39 is 0 Å². The van der Waals surface area contributed by atoms with Crippen LogP contribution >= 0.6 is 0 Å². The van der Waals surface area contributed by atoms with Gasteiger partial charge in [-0.3, -0.25) is 0 Å². The van der Waals surface area contributed by atoms with Gasteiger partial charge in [0.25, 0.3) is 0 Å². The molecule has 2 fully saturated rings. The molecule has 3 heterocycles. The molecule has 0 aliphatic heterocycles. The molecule has 554 valence electrons. The van der Waals surface area contributed by atoms with E-state index in [0.717, 1.165) is 165 Å². The van der Waals surface area contributed by atoms with Crippen molar-refractivity contribution < 1.29 is 15.3 Å². The summed E-state index contributed by atoms with van der Waals surface area (Å²) < 4.78 is 2.33. The third-order valence-corrected chi connectivity index (χ3v) is 22.0. The topological polar surface area (TPSA) is 146 Å². The molecule has 12 heteroatoms. The smallest absolute Gasteiger partial charge is 0.140 e. The van der Waals surface area contributed by atoms with Crippen molar-refractivity contribution in [2.24, 2.45) is 0 Å². The fourth-order valence-electron chi connectivity index (χ4n) is 15.9. The fourth-order valence-corrected chi connectivity index (χ4v) is 15.9. The Bertz CT molecular complexity index is 4760. The van der Waals surface area contributed by atoms with Gasteiger partial charge in [0.05, 0.1) is 22.8 Å². The van der Waals surface area contributed by atoms with E-state index in [2.05, 4.69) is 234 Å². The highest BCUT2D eigenvalue weighted by molar-refractivity contribution is 5.75. The van der Waals surface area contributed by atoms with Gasteiger partial charge in [0.1, 0.15) is 34.7 Å². The number of aryl methyl sites for hydroxylation is 10. The Labute approximate surface area is 636 Å².